The van der Waals surface area contributed by atoms with Crippen molar-refractivity contribution in [1.82, 2.24) is 14.5 Å². The van der Waals surface area contributed by atoms with Gasteiger partial charge >= 0.3 is 0 Å². The fraction of sp³-hybridized carbons (Fsp3) is 0.176. The van der Waals surface area contributed by atoms with Crippen LogP contribution in [-0.2, 0) is 7.05 Å². The van der Waals surface area contributed by atoms with Gasteiger partial charge in [0.05, 0.1) is 21.8 Å². The summed E-state index contributed by atoms with van der Waals surface area (Å²) in [7, 11) is 2.01. The van der Waals surface area contributed by atoms with Crippen molar-refractivity contribution in [2.45, 2.75) is 6.92 Å². The second kappa shape index (κ2) is 5.51. The molecular weight excluding hydrogens is 328 g/mol. The second-order valence-corrected chi connectivity index (χ2v) is 6.82. The maximum absolute atomic E-state index is 6.23. The highest BCUT2D eigenvalue weighted by Crippen LogP contribution is 2.37. The molecule has 1 aliphatic rings. The van der Waals surface area contributed by atoms with Gasteiger partial charge in [0.25, 0.3) is 0 Å². The molecule has 0 unspecified atom stereocenters. The number of nitrogens with zero attached hydrogens (tertiary/aromatic N) is 4. The minimum atomic E-state index is 0.496. The molecule has 6 heteroatoms. The molecular formula is C17H14ClN4S-. The lowest BCUT2D eigenvalue weighted by molar-refractivity contribution is 0.968. The Balaban J connectivity index is 1.90. The first-order valence-electron chi connectivity index (χ1n) is 7.26. The predicted octanol–water partition coefficient (Wildman–Crippen LogP) is 4.94. The van der Waals surface area contributed by atoms with Crippen LogP contribution in [0.2, 0.25) is 5.15 Å². The van der Waals surface area contributed by atoms with E-state index in [2.05, 4.69) is 27.0 Å². The Morgan fingerprint density at radius 2 is 2.22 bits per heavy atom. The van der Waals surface area contributed by atoms with Gasteiger partial charge in [-0.2, -0.15) is 6.20 Å². The third-order valence-electron chi connectivity index (χ3n) is 3.85. The molecule has 0 saturated heterocycles. The Bertz CT molecular complexity index is 965. The predicted molar refractivity (Wildman–Crippen MR) is 96.9 cm³/mol. The van der Waals surface area contributed by atoms with Crippen molar-refractivity contribution in [2.24, 2.45) is 7.05 Å². The van der Waals surface area contributed by atoms with Crippen LogP contribution in [0.25, 0.3) is 32.4 Å². The van der Waals surface area contributed by atoms with Crippen molar-refractivity contribution in [3.05, 3.63) is 57.9 Å². The average molecular weight is 342 g/mol. The van der Waals surface area contributed by atoms with E-state index in [9.17, 15) is 0 Å². The van der Waals surface area contributed by atoms with Crippen LogP contribution in [0.1, 0.15) is 10.7 Å². The zero-order valence-electron chi connectivity index (χ0n) is 12.7. The SMILES string of the molecule is Cc1nc(C2=C[N-]CC=C2)sc1-c1nc(Cl)cc2c1ccn2C. The monoisotopic (exact) mass is 341 g/mol. The molecule has 23 heavy (non-hydrogen) atoms. The van der Waals surface area contributed by atoms with Crippen molar-refractivity contribution in [3.63, 3.8) is 0 Å². The van der Waals surface area contributed by atoms with Crippen LogP contribution in [0.5, 0.6) is 0 Å². The lowest BCUT2D eigenvalue weighted by Crippen LogP contribution is -1.89. The van der Waals surface area contributed by atoms with Gasteiger partial charge in [0.2, 0.25) is 0 Å². The van der Waals surface area contributed by atoms with Crippen molar-refractivity contribution in [2.75, 3.05) is 6.54 Å². The molecule has 4 heterocycles. The number of aromatic nitrogens is 3. The molecule has 1 aliphatic heterocycles. The summed E-state index contributed by atoms with van der Waals surface area (Å²) in [5, 5.41) is 6.84. The largest absolute Gasteiger partial charge is 0.687 e. The molecule has 3 aromatic rings. The van der Waals surface area contributed by atoms with Crippen LogP contribution < -0.4 is 0 Å². The summed E-state index contributed by atoms with van der Waals surface area (Å²) in [6.45, 7) is 2.75. The first-order chi connectivity index (χ1) is 11.1. The summed E-state index contributed by atoms with van der Waals surface area (Å²) in [5.74, 6) is 0. The van der Waals surface area contributed by atoms with E-state index in [0.717, 1.165) is 44.3 Å². The van der Waals surface area contributed by atoms with Crippen molar-refractivity contribution >= 4 is 39.4 Å². The maximum atomic E-state index is 6.23. The number of pyridine rings is 1. The molecule has 0 amide bonds. The van der Waals surface area contributed by atoms with Gasteiger partial charge in [-0.1, -0.05) is 17.7 Å². The summed E-state index contributed by atoms with van der Waals surface area (Å²) in [6, 6.07) is 3.96. The van der Waals surface area contributed by atoms with E-state index in [1.54, 1.807) is 11.3 Å². The quantitative estimate of drug-likeness (QED) is 0.619. The highest BCUT2D eigenvalue weighted by molar-refractivity contribution is 7.16. The third-order valence-corrected chi connectivity index (χ3v) is 5.25. The molecule has 4 rings (SSSR count). The van der Waals surface area contributed by atoms with Crippen molar-refractivity contribution in [3.8, 4) is 10.6 Å². The minimum absolute atomic E-state index is 0.496. The molecule has 0 spiro atoms. The topological polar surface area (TPSA) is 44.8 Å². The van der Waals surface area contributed by atoms with E-state index < -0.39 is 0 Å². The Labute approximate surface area is 143 Å². The molecule has 0 radical (unpaired) electrons. The maximum Gasteiger partial charge on any atom is 0.131 e. The van der Waals surface area contributed by atoms with E-state index in [0.29, 0.717) is 5.15 Å². The van der Waals surface area contributed by atoms with Gasteiger partial charge in [-0.15, -0.1) is 24.0 Å². The standard InChI is InChI=1S/C17H14ClN4S/c1-10-16(23-17(20-10)11-4-3-6-19-9-11)15-12-5-7-22(2)13(12)8-14(18)21-15/h3-5,7-9H,6H2,1-2H3/q-1. The Morgan fingerprint density at radius 1 is 1.35 bits per heavy atom. The molecule has 0 N–H and O–H groups in total. The van der Waals surface area contributed by atoms with E-state index in [1.165, 1.54) is 0 Å². The van der Waals surface area contributed by atoms with Crippen molar-refractivity contribution < 1.29 is 0 Å². The van der Waals surface area contributed by atoms with Gasteiger partial charge in [0.1, 0.15) is 10.2 Å². The molecule has 0 aliphatic carbocycles. The Kier molecular flexibility index (Phi) is 3.47. The molecule has 0 bridgehead atoms. The zero-order valence-corrected chi connectivity index (χ0v) is 14.3. The lowest BCUT2D eigenvalue weighted by atomic mass is 10.2. The van der Waals surface area contributed by atoms with Gasteiger partial charge in [-0.25, -0.2) is 9.97 Å². The number of halogens is 1. The molecule has 116 valence electrons. The highest BCUT2D eigenvalue weighted by Gasteiger charge is 2.17. The van der Waals surface area contributed by atoms with Crippen LogP contribution in [0.4, 0.5) is 0 Å². The zero-order chi connectivity index (χ0) is 16.0. The third kappa shape index (κ3) is 2.46. The van der Waals surface area contributed by atoms with E-state index in [4.69, 9.17) is 16.6 Å². The number of hydrogen-bond donors (Lipinski definition) is 0. The molecule has 0 saturated carbocycles. The van der Waals surface area contributed by atoms with Crippen LogP contribution >= 0.6 is 22.9 Å². The van der Waals surface area contributed by atoms with Crippen molar-refractivity contribution in [1.29, 1.82) is 0 Å². The van der Waals surface area contributed by atoms with Gasteiger partial charge in [-0.3, -0.25) is 0 Å². The smallest absolute Gasteiger partial charge is 0.131 e. The van der Waals surface area contributed by atoms with Gasteiger partial charge < -0.3 is 9.88 Å². The molecule has 3 aromatic heterocycles. The first-order valence-corrected chi connectivity index (χ1v) is 8.46. The number of thiazole rings is 1. The lowest BCUT2D eigenvalue weighted by Gasteiger charge is -2.17. The van der Waals surface area contributed by atoms with Crippen LogP contribution in [0.15, 0.2) is 36.7 Å². The van der Waals surface area contributed by atoms with Gasteiger partial charge in [-0.05, 0) is 24.6 Å². The average Bonchev–Trinajstić information content (AvgIpc) is 3.12. The number of allylic oxidation sites excluding steroid dienone is 2. The normalized spacial score (nSPS) is 14.1. The van der Waals surface area contributed by atoms with Gasteiger partial charge in [0, 0.05) is 18.6 Å². The molecule has 0 aromatic carbocycles. The summed E-state index contributed by atoms with van der Waals surface area (Å²) in [4.78, 5) is 10.3. The molecule has 4 nitrogen and oxygen atoms in total. The Morgan fingerprint density at radius 3 is 3.00 bits per heavy atom. The summed E-state index contributed by atoms with van der Waals surface area (Å²) in [5.41, 5.74) is 3.97. The van der Waals surface area contributed by atoms with E-state index >= 15 is 0 Å². The van der Waals surface area contributed by atoms with E-state index in [-0.39, 0.29) is 0 Å². The van der Waals surface area contributed by atoms with Gasteiger partial charge in [0.15, 0.2) is 0 Å². The van der Waals surface area contributed by atoms with Crippen LogP contribution in [0.3, 0.4) is 0 Å². The number of fused-ring (bicyclic) bond motifs is 1. The molecule has 0 fully saturated rings. The number of hydrogen-bond acceptors (Lipinski definition) is 3. The fourth-order valence-corrected chi connectivity index (χ4v) is 3.96. The minimum Gasteiger partial charge on any atom is -0.687 e. The van der Waals surface area contributed by atoms with Crippen LogP contribution in [0, 0.1) is 6.92 Å². The fourth-order valence-electron chi connectivity index (χ4n) is 2.71. The summed E-state index contributed by atoms with van der Waals surface area (Å²) < 4.78 is 2.05. The second-order valence-electron chi connectivity index (χ2n) is 5.44. The first kappa shape index (κ1) is 14.5. The highest BCUT2D eigenvalue weighted by atomic mass is 35.5. The molecule has 0 atom stereocenters. The summed E-state index contributed by atoms with van der Waals surface area (Å²) in [6.07, 6.45) is 8.01. The summed E-state index contributed by atoms with van der Waals surface area (Å²) >= 11 is 7.86. The number of aryl methyl sites for hydroxylation is 2. The Hall–Kier alpha value is -2.11. The van der Waals surface area contributed by atoms with Crippen LogP contribution in [-0.4, -0.2) is 21.1 Å². The number of rotatable bonds is 2. The van der Waals surface area contributed by atoms with E-state index in [1.807, 2.05) is 38.5 Å².